The minimum Gasteiger partial charge on any atom is -0.351 e. The number of ether oxygens (including phenoxy) is 1. The summed E-state index contributed by atoms with van der Waals surface area (Å²) < 4.78 is 22.1. The minimum atomic E-state index is -1.56. The molecule has 1 aliphatic heterocycles. The number of fused-ring (bicyclic) bond motifs is 1. The van der Waals surface area contributed by atoms with E-state index in [-0.39, 0.29) is 11.7 Å². The number of benzene rings is 1. The number of carbonyl (C=O) groups excluding carboxylic acids is 1. The van der Waals surface area contributed by atoms with Crippen molar-refractivity contribution >= 4 is 22.9 Å². The van der Waals surface area contributed by atoms with E-state index in [4.69, 9.17) is 10.3 Å². The van der Waals surface area contributed by atoms with Crippen LogP contribution in [0.15, 0.2) is 48.1 Å². The maximum absolute atomic E-state index is 14.9. The molecule has 11 heteroatoms. The van der Waals surface area contributed by atoms with Crippen LogP contribution in [0.3, 0.4) is 0 Å². The summed E-state index contributed by atoms with van der Waals surface area (Å²) in [6.45, 7) is 1.82. The number of carbonyl (C=O) groups is 1. The molecule has 4 atom stereocenters. The van der Waals surface area contributed by atoms with Crippen LogP contribution in [0.1, 0.15) is 29.9 Å². The quantitative estimate of drug-likeness (QED) is 0.401. The molecule has 1 aliphatic rings. The number of halogens is 1. The number of alkyl halides is 1. The van der Waals surface area contributed by atoms with Crippen molar-refractivity contribution in [2.24, 2.45) is 5.11 Å². The first kappa shape index (κ1) is 18.8. The number of amides is 1. The van der Waals surface area contributed by atoms with Gasteiger partial charge in [-0.25, -0.2) is 19.3 Å². The average molecular weight is 396 g/mol. The fourth-order valence-corrected chi connectivity index (χ4v) is 3.36. The van der Waals surface area contributed by atoms with E-state index in [1.807, 2.05) is 13.0 Å². The molecular weight excluding hydrogens is 379 g/mol. The topological polar surface area (TPSA) is 131 Å². The highest BCUT2D eigenvalue weighted by molar-refractivity contribution is 6.06. The van der Waals surface area contributed by atoms with Gasteiger partial charge in [0.2, 0.25) is 0 Å². The van der Waals surface area contributed by atoms with Crippen LogP contribution in [-0.4, -0.2) is 43.7 Å². The second kappa shape index (κ2) is 7.82. The molecule has 0 unspecified atom stereocenters. The Bertz CT molecular complexity index is 1080. The second-order valence-electron chi connectivity index (χ2n) is 6.48. The van der Waals surface area contributed by atoms with Crippen molar-refractivity contribution in [3.63, 3.8) is 0 Å². The highest BCUT2D eigenvalue weighted by Crippen LogP contribution is 2.37. The third-order valence-corrected chi connectivity index (χ3v) is 4.78. The highest BCUT2D eigenvalue weighted by Gasteiger charge is 2.45. The molecule has 1 fully saturated rings. The molecule has 0 radical (unpaired) electrons. The fraction of sp³-hybridized carbons (Fsp3) is 0.333. The Hall–Kier alpha value is -3.56. The molecule has 0 bridgehead atoms. The number of nitrogens with zero attached hydrogens (tertiary/aromatic N) is 7. The number of nitrogens with one attached hydrogen (secondary N) is 1. The zero-order chi connectivity index (χ0) is 20.4. The third kappa shape index (κ3) is 3.37. The summed E-state index contributed by atoms with van der Waals surface area (Å²) in [4.78, 5) is 27.7. The molecule has 10 nitrogen and oxygen atoms in total. The van der Waals surface area contributed by atoms with E-state index in [0.29, 0.717) is 23.1 Å². The van der Waals surface area contributed by atoms with Gasteiger partial charge in [-0.05, 0) is 24.1 Å². The number of imidazole rings is 1. The molecule has 2 aromatic heterocycles. The number of hydrogen-bond donors (Lipinski definition) is 1. The standard InChI is InChI=1S/C18H17FN8O2/c1-2-11-13(25-26-20)12(19)18(29-11)27-9-23-14-15(21-8-22-16(14)27)24-17(28)10-6-4-3-5-7-10/h3-9,11-13,18H,2H2,1H3,(H,21,22,24,28)/t11-,12-,13-,18-/m1/s1. The van der Waals surface area contributed by atoms with Gasteiger partial charge in [0.05, 0.1) is 18.5 Å². The molecule has 1 N–H and O–H groups in total. The van der Waals surface area contributed by atoms with Gasteiger partial charge in [0.15, 0.2) is 29.4 Å². The molecule has 3 heterocycles. The largest absolute Gasteiger partial charge is 0.351 e. The maximum Gasteiger partial charge on any atom is 0.256 e. The first-order valence-corrected chi connectivity index (χ1v) is 9.01. The number of rotatable bonds is 5. The smallest absolute Gasteiger partial charge is 0.256 e. The summed E-state index contributed by atoms with van der Waals surface area (Å²) in [5.74, 6) is -0.148. The molecule has 4 rings (SSSR count). The molecule has 1 saturated heterocycles. The van der Waals surface area contributed by atoms with Crippen molar-refractivity contribution in [3.05, 3.63) is 59.0 Å². The van der Waals surface area contributed by atoms with Crippen LogP contribution in [0.4, 0.5) is 10.2 Å². The lowest BCUT2D eigenvalue weighted by molar-refractivity contribution is -0.0177. The van der Waals surface area contributed by atoms with E-state index in [9.17, 15) is 9.18 Å². The second-order valence-corrected chi connectivity index (χ2v) is 6.48. The van der Waals surface area contributed by atoms with E-state index in [0.717, 1.165) is 0 Å². The molecule has 3 aromatic rings. The molecule has 0 spiro atoms. The van der Waals surface area contributed by atoms with Crippen LogP contribution >= 0.6 is 0 Å². The summed E-state index contributed by atoms with van der Waals surface area (Å²) in [5, 5.41) is 6.24. The predicted octanol–water partition coefficient (Wildman–Crippen LogP) is 3.40. The first-order chi connectivity index (χ1) is 14.1. The Balaban J connectivity index is 1.66. The Morgan fingerprint density at radius 3 is 2.86 bits per heavy atom. The van der Waals surface area contributed by atoms with E-state index in [1.54, 1.807) is 24.3 Å². The molecular formula is C18H17FN8O2. The van der Waals surface area contributed by atoms with Crippen molar-refractivity contribution < 1.29 is 13.9 Å². The maximum atomic E-state index is 14.9. The summed E-state index contributed by atoms with van der Waals surface area (Å²) in [7, 11) is 0. The van der Waals surface area contributed by atoms with Crippen molar-refractivity contribution in [3.8, 4) is 0 Å². The number of azide groups is 1. The van der Waals surface area contributed by atoms with Crippen LogP contribution < -0.4 is 5.32 Å². The summed E-state index contributed by atoms with van der Waals surface area (Å²) >= 11 is 0. The fourth-order valence-electron chi connectivity index (χ4n) is 3.36. The van der Waals surface area contributed by atoms with Crippen LogP contribution in [0.25, 0.3) is 21.6 Å². The van der Waals surface area contributed by atoms with E-state index < -0.39 is 24.5 Å². The van der Waals surface area contributed by atoms with Crippen LogP contribution in [0.5, 0.6) is 0 Å². The van der Waals surface area contributed by atoms with Gasteiger partial charge in [-0.1, -0.05) is 30.2 Å². The lowest BCUT2D eigenvalue weighted by Gasteiger charge is -2.15. The van der Waals surface area contributed by atoms with Crippen LogP contribution in [0, 0.1) is 0 Å². The van der Waals surface area contributed by atoms with Crippen molar-refractivity contribution in [1.29, 1.82) is 0 Å². The zero-order valence-corrected chi connectivity index (χ0v) is 15.4. The number of aromatic nitrogens is 4. The summed E-state index contributed by atoms with van der Waals surface area (Å²) in [6, 6.07) is 7.72. The van der Waals surface area contributed by atoms with E-state index in [1.165, 1.54) is 17.2 Å². The van der Waals surface area contributed by atoms with Crippen molar-refractivity contribution in [1.82, 2.24) is 19.5 Å². The predicted molar refractivity (Wildman–Crippen MR) is 102 cm³/mol. The summed E-state index contributed by atoms with van der Waals surface area (Å²) in [5.41, 5.74) is 9.78. The van der Waals surface area contributed by atoms with Gasteiger partial charge < -0.3 is 10.1 Å². The molecule has 1 amide bonds. The van der Waals surface area contributed by atoms with Gasteiger partial charge in [0.1, 0.15) is 6.33 Å². The van der Waals surface area contributed by atoms with Gasteiger partial charge in [-0.15, -0.1) is 0 Å². The molecule has 29 heavy (non-hydrogen) atoms. The monoisotopic (exact) mass is 396 g/mol. The number of hydrogen-bond acceptors (Lipinski definition) is 6. The Morgan fingerprint density at radius 2 is 2.14 bits per heavy atom. The van der Waals surface area contributed by atoms with Gasteiger partial charge in [-0.2, -0.15) is 0 Å². The minimum absolute atomic E-state index is 0.203. The Morgan fingerprint density at radius 1 is 1.34 bits per heavy atom. The van der Waals surface area contributed by atoms with Gasteiger partial charge in [0.25, 0.3) is 5.91 Å². The molecule has 148 valence electrons. The molecule has 0 aliphatic carbocycles. The van der Waals surface area contributed by atoms with E-state index in [2.05, 4.69) is 30.3 Å². The summed E-state index contributed by atoms with van der Waals surface area (Å²) in [6.07, 6.45) is -0.0486. The molecule has 0 saturated carbocycles. The van der Waals surface area contributed by atoms with E-state index >= 15 is 0 Å². The SMILES string of the molecule is CC[C@H]1O[C@@H](n2cnc3c(NC(=O)c4ccccc4)ncnc32)[C@H](F)[C@@H]1N=[N+]=[N-]. The molecule has 1 aromatic carbocycles. The Kier molecular flexibility index (Phi) is 5.07. The number of anilines is 1. The Labute approximate surface area is 164 Å². The average Bonchev–Trinajstić information content (AvgIpc) is 3.31. The van der Waals surface area contributed by atoms with Gasteiger partial charge in [0, 0.05) is 10.5 Å². The zero-order valence-electron chi connectivity index (χ0n) is 15.4. The lowest BCUT2D eigenvalue weighted by atomic mass is 10.1. The van der Waals surface area contributed by atoms with Crippen molar-refractivity contribution in [2.45, 2.75) is 37.9 Å². The van der Waals surface area contributed by atoms with Gasteiger partial charge in [-0.3, -0.25) is 9.36 Å². The third-order valence-electron chi connectivity index (χ3n) is 4.78. The normalized spacial score (nSPS) is 23.7. The first-order valence-electron chi connectivity index (χ1n) is 9.01. The van der Waals surface area contributed by atoms with Crippen LogP contribution in [0.2, 0.25) is 0 Å². The lowest BCUT2D eigenvalue weighted by Crippen LogP contribution is -2.26. The van der Waals surface area contributed by atoms with Gasteiger partial charge >= 0.3 is 0 Å². The van der Waals surface area contributed by atoms with Crippen LogP contribution in [-0.2, 0) is 4.74 Å². The van der Waals surface area contributed by atoms with Crippen molar-refractivity contribution in [2.75, 3.05) is 5.32 Å². The highest BCUT2D eigenvalue weighted by atomic mass is 19.1.